The SMILES string of the molecule is CC(C)OCCN(C)[C@H]1CCCC[C@@H]1O. The van der Waals surface area contributed by atoms with Crippen molar-refractivity contribution in [3.63, 3.8) is 0 Å². The molecule has 0 spiro atoms. The fourth-order valence-electron chi connectivity index (χ4n) is 2.20. The van der Waals surface area contributed by atoms with Crippen LogP contribution in [0.5, 0.6) is 0 Å². The predicted octanol–water partition coefficient (Wildman–Crippen LogP) is 1.65. The Morgan fingerprint density at radius 2 is 2.00 bits per heavy atom. The molecule has 90 valence electrons. The molecule has 15 heavy (non-hydrogen) atoms. The zero-order valence-corrected chi connectivity index (χ0v) is 10.3. The first-order valence-corrected chi connectivity index (χ1v) is 6.11. The summed E-state index contributed by atoms with van der Waals surface area (Å²) in [4.78, 5) is 2.24. The molecule has 0 heterocycles. The van der Waals surface area contributed by atoms with Gasteiger partial charge in [0, 0.05) is 12.6 Å². The van der Waals surface area contributed by atoms with Gasteiger partial charge in [-0.2, -0.15) is 0 Å². The van der Waals surface area contributed by atoms with E-state index in [9.17, 15) is 5.11 Å². The summed E-state index contributed by atoms with van der Waals surface area (Å²) in [7, 11) is 2.09. The average Bonchev–Trinajstić information content (AvgIpc) is 2.17. The molecule has 1 aliphatic carbocycles. The molecule has 0 saturated heterocycles. The molecule has 3 nitrogen and oxygen atoms in total. The van der Waals surface area contributed by atoms with Gasteiger partial charge in [-0.3, -0.25) is 4.90 Å². The van der Waals surface area contributed by atoms with Gasteiger partial charge in [0.2, 0.25) is 0 Å². The van der Waals surface area contributed by atoms with Gasteiger partial charge in [0.1, 0.15) is 0 Å². The van der Waals surface area contributed by atoms with Crippen molar-refractivity contribution in [2.75, 3.05) is 20.2 Å². The normalized spacial score (nSPS) is 27.6. The molecule has 3 heteroatoms. The van der Waals surface area contributed by atoms with Gasteiger partial charge in [-0.25, -0.2) is 0 Å². The van der Waals surface area contributed by atoms with Gasteiger partial charge in [-0.1, -0.05) is 12.8 Å². The van der Waals surface area contributed by atoms with Gasteiger partial charge in [0.05, 0.1) is 18.8 Å². The Labute approximate surface area is 93.4 Å². The summed E-state index contributed by atoms with van der Waals surface area (Å²) < 4.78 is 5.52. The highest BCUT2D eigenvalue weighted by molar-refractivity contribution is 4.81. The number of aliphatic hydroxyl groups excluding tert-OH is 1. The lowest BCUT2D eigenvalue weighted by atomic mass is 9.92. The minimum atomic E-state index is -0.136. The third-order valence-electron chi connectivity index (χ3n) is 3.16. The number of likely N-dealkylation sites (N-methyl/N-ethyl adjacent to an activating group) is 1. The number of nitrogens with zero attached hydrogens (tertiary/aromatic N) is 1. The highest BCUT2D eigenvalue weighted by atomic mass is 16.5. The molecule has 0 bridgehead atoms. The average molecular weight is 215 g/mol. The molecule has 1 N–H and O–H groups in total. The van der Waals surface area contributed by atoms with E-state index in [0.717, 1.165) is 26.0 Å². The van der Waals surface area contributed by atoms with E-state index in [0.29, 0.717) is 12.1 Å². The van der Waals surface area contributed by atoms with Gasteiger partial charge in [-0.15, -0.1) is 0 Å². The van der Waals surface area contributed by atoms with Crippen LogP contribution in [0, 0.1) is 0 Å². The van der Waals surface area contributed by atoms with E-state index in [2.05, 4.69) is 25.8 Å². The number of rotatable bonds is 5. The minimum absolute atomic E-state index is 0.136. The second-order valence-electron chi connectivity index (χ2n) is 4.82. The van der Waals surface area contributed by atoms with Crippen LogP contribution in [-0.2, 0) is 4.74 Å². The van der Waals surface area contributed by atoms with Crippen LogP contribution in [0.15, 0.2) is 0 Å². The molecule has 0 aromatic rings. The Morgan fingerprint density at radius 3 is 2.60 bits per heavy atom. The van der Waals surface area contributed by atoms with Crippen LogP contribution in [0.4, 0.5) is 0 Å². The van der Waals surface area contributed by atoms with Gasteiger partial charge in [0.15, 0.2) is 0 Å². The Balaban J connectivity index is 2.22. The molecule has 0 aromatic carbocycles. The molecule has 1 fully saturated rings. The fourth-order valence-corrected chi connectivity index (χ4v) is 2.20. The van der Waals surface area contributed by atoms with Gasteiger partial charge in [-0.05, 0) is 33.7 Å². The minimum Gasteiger partial charge on any atom is -0.391 e. The molecule has 1 rings (SSSR count). The topological polar surface area (TPSA) is 32.7 Å². The quantitative estimate of drug-likeness (QED) is 0.757. The summed E-state index contributed by atoms with van der Waals surface area (Å²) in [5.41, 5.74) is 0. The Kier molecular flexibility index (Phi) is 5.58. The van der Waals surface area contributed by atoms with Crippen molar-refractivity contribution in [3.8, 4) is 0 Å². The van der Waals surface area contributed by atoms with Crippen LogP contribution in [0.1, 0.15) is 39.5 Å². The summed E-state index contributed by atoms with van der Waals surface area (Å²) in [6.45, 7) is 5.78. The molecule has 0 aliphatic heterocycles. The smallest absolute Gasteiger partial charge is 0.0695 e. The van der Waals surface area contributed by atoms with E-state index < -0.39 is 0 Å². The summed E-state index contributed by atoms with van der Waals surface area (Å²) in [5.74, 6) is 0. The molecule has 0 amide bonds. The molecule has 1 saturated carbocycles. The molecule has 1 aliphatic rings. The van der Waals surface area contributed by atoms with Crippen molar-refractivity contribution < 1.29 is 9.84 Å². The van der Waals surface area contributed by atoms with E-state index in [-0.39, 0.29) is 6.10 Å². The lowest BCUT2D eigenvalue weighted by Crippen LogP contribution is -2.44. The summed E-state index contributed by atoms with van der Waals surface area (Å²) in [6.07, 6.45) is 4.67. The second-order valence-corrected chi connectivity index (χ2v) is 4.82. The lowest BCUT2D eigenvalue weighted by molar-refractivity contribution is 0.00704. The van der Waals surface area contributed by atoms with Crippen LogP contribution in [0.2, 0.25) is 0 Å². The summed E-state index contributed by atoms with van der Waals surface area (Å²) in [5, 5.41) is 9.87. The summed E-state index contributed by atoms with van der Waals surface area (Å²) in [6, 6.07) is 0.342. The Hall–Kier alpha value is -0.120. The van der Waals surface area contributed by atoms with Crippen molar-refractivity contribution in [1.29, 1.82) is 0 Å². The first kappa shape index (κ1) is 12.9. The largest absolute Gasteiger partial charge is 0.391 e. The monoisotopic (exact) mass is 215 g/mol. The van der Waals surface area contributed by atoms with Crippen molar-refractivity contribution in [3.05, 3.63) is 0 Å². The van der Waals surface area contributed by atoms with Crippen molar-refractivity contribution >= 4 is 0 Å². The molecule has 2 atom stereocenters. The third-order valence-corrected chi connectivity index (χ3v) is 3.16. The molecule has 0 radical (unpaired) electrons. The highest BCUT2D eigenvalue weighted by Gasteiger charge is 2.26. The Morgan fingerprint density at radius 1 is 1.33 bits per heavy atom. The van der Waals surface area contributed by atoms with Gasteiger partial charge < -0.3 is 9.84 Å². The van der Waals surface area contributed by atoms with Gasteiger partial charge in [0.25, 0.3) is 0 Å². The van der Waals surface area contributed by atoms with Crippen LogP contribution in [0.25, 0.3) is 0 Å². The van der Waals surface area contributed by atoms with Crippen molar-refractivity contribution in [2.24, 2.45) is 0 Å². The number of ether oxygens (including phenoxy) is 1. The van der Waals surface area contributed by atoms with E-state index in [1.807, 2.05) is 0 Å². The fraction of sp³-hybridized carbons (Fsp3) is 1.00. The van der Waals surface area contributed by atoms with Crippen LogP contribution >= 0.6 is 0 Å². The van der Waals surface area contributed by atoms with Crippen LogP contribution in [-0.4, -0.2) is 48.5 Å². The highest BCUT2D eigenvalue weighted by Crippen LogP contribution is 2.22. The number of hydrogen-bond acceptors (Lipinski definition) is 3. The number of aliphatic hydroxyl groups is 1. The molecule has 0 aromatic heterocycles. The predicted molar refractivity (Wildman–Crippen MR) is 62.0 cm³/mol. The van der Waals surface area contributed by atoms with Crippen molar-refractivity contribution in [1.82, 2.24) is 4.90 Å². The first-order valence-electron chi connectivity index (χ1n) is 6.11. The number of hydrogen-bond donors (Lipinski definition) is 1. The maximum Gasteiger partial charge on any atom is 0.0695 e. The summed E-state index contributed by atoms with van der Waals surface area (Å²) >= 11 is 0. The first-order chi connectivity index (χ1) is 7.11. The standard InChI is InChI=1S/C12H25NO2/c1-10(2)15-9-8-13(3)11-6-4-5-7-12(11)14/h10-12,14H,4-9H2,1-3H3/t11-,12-/m0/s1. The molecular weight excluding hydrogens is 190 g/mol. The third kappa shape index (κ3) is 4.49. The van der Waals surface area contributed by atoms with Gasteiger partial charge >= 0.3 is 0 Å². The maximum absolute atomic E-state index is 9.87. The van der Waals surface area contributed by atoms with E-state index >= 15 is 0 Å². The second kappa shape index (κ2) is 6.46. The van der Waals surface area contributed by atoms with E-state index in [4.69, 9.17) is 4.74 Å². The van der Waals surface area contributed by atoms with Crippen LogP contribution in [0.3, 0.4) is 0 Å². The Bertz CT molecular complexity index is 173. The molecular formula is C12H25NO2. The molecule has 0 unspecified atom stereocenters. The van der Waals surface area contributed by atoms with Crippen molar-refractivity contribution in [2.45, 2.75) is 57.8 Å². The van der Waals surface area contributed by atoms with E-state index in [1.54, 1.807) is 0 Å². The van der Waals surface area contributed by atoms with Crippen LogP contribution < -0.4 is 0 Å². The van der Waals surface area contributed by atoms with E-state index in [1.165, 1.54) is 12.8 Å². The zero-order valence-electron chi connectivity index (χ0n) is 10.3. The zero-order chi connectivity index (χ0) is 11.3. The lowest BCUT2D eigenvalue weighted by Gasteiger charge is -2.35. The maximum atomic E-state index is 9.87.